The van der Waals surface area contributed by atoms with Gasteiger partial charge in [-0.3, -0.25) is 9.78 Å². The number of nitrogens with one attached hydrogen (secondary N) is 1. The van der Waals surface area contributed by atoms with Gasteiger partial charge in [-0.05, 0) is 53.6 Å². The molecule has 0 radical (unpaired) electrons. The number of methoxy groups -OCH3 is 1. The van der Waals surface area contributed by atoms with E-state index in [9.17, 15) is 9.18 Å². The third kappa shape index (κ3) is 6.18. The summed E-state index contributed by atoms with van der Waals surface area (Å²) in [5.41, 5.74) is 1.82. The highest BCUT2D eigenvalue weighted by Gasteiger charge is 2.10. The third-order valence-electron chi connectivity index (χ3n) is 4.11. The number of amides is 1. The first-order valence-electron chi connectivity index (χ1n) is 9.08. The predicted molar refractivity (Wildman–Crippen MR) is 113 cm³/mol. The van der Waals surface area contributed by atoms with Crippen molar-refractivity contribution in [3.05, 3.63) is 82.3 Å². The first-order valence-corrected chi connectivity index (χ1v) is 9.87. The van der Waals surface area contributed by atoms with Crippen LogP contribution in [0.2, 0.25) is 0 Å². The van der Waals surface area contributed by atoms with Gasteiger partial charge in [0, 0.05) is 23.4 Å². The average Bonchev–Trinajstić information content (AvgIpc) is 2.76. The summed E-state index contributed by atoms with van der Waals surface area (Å²) in [6.45, 7) is 0.369. The average molecular weight is 475 g/mol. The van der Waals surface area contributed by atoms with E-state index in [4.69, 9.17) is 14.2 Å². The molecule has 0 unspecified atom stereocenters. The van der Waals surface area contributed by atoms with Crippen molar-refractivity contribution in [1.82, 2.24) is 10.3 Å². The summed E-state index contributed by atoms with van der Waals surface area (Å²) in [4.78, 5) is 16.0. The molecule has 2 aromatic carbocycles. The molecular weight excluding hydrogens is 455 g/mol. The van der Waals surface area contributed by atoms with Gasteiger partial charge in [0.1, 0.15) is 6.61 Å². The summed E-state index contributed by atoms with van der Waals surface area (Å²) >= 11 is 3.17. The molecule has 156 valence electrons. The molecule has 0 bridgehead atoms. The lowest BCUT2D eigenvalue weighted by Gasteiger charge is -2.13. The number of halogens is 2. The fourth-order valence-corrected chi connectivity index (χ4v) is 2.90. The lowest BCUT2D eigenvalue weighted by molar-refractivity contribution is -0.123. The van der Waals surface area contributed by atoms with Crippen LogP contribution in [0.4, 0.5) is 4.39 Å². The van der Waals surface area contributed by atoms with E-state index in [1.807, 2.05) is 18.2 Å². The van der Waals surface area contributed by atoms with Crippen LogP contribution in [0.1, 0.15) is 11.1 Å². The first kappa shape index (κ1) is 21.6. The molecule has 0 aliphatic carbocycles. The van der Waals surface area contributed by atoms with E-state index in [-0.39, 0.29) is 24.8 Å². The molecule has 3 aromatic rings. The molecule has 6 nitrogen and oxygen atoms in total. The van der Waals surface area contributed by atoms with E-state index in [2.05, 4.69) is 26.2 Å². The number of nitrogens with zero attached hydrogens (tertiary/aromatic N) is 1. The largest absolute Gasteiger partial charge is 0.493 e. The Hall–Kier alpha value is -3.13. The Balaban J connectivity index is 1.51. The first-order chi connectivity index (χ1) is 14.5. The van der Waals surface area contributed by atoms with Crippen molar-refractivity contribution in [2.45, 2.75) is 13.2 Å². The number of carbonyl (C=O) groups excluding carboxylic acids is 1. The van der Waals surface area contributed by atoms with Crippen molar-refractivity contribution in [1.29, 1.82) is 0 Å². The van der Waals surface area contributed by atoms with E-state index in [0.717, 1.165) is 11.1 Å². The molecule has 1 N–H and O–H groups in total. The Morgan fingerprint density at radius 1 is 1.00 bits per heavy atom. The lowest BCUT2D eigenvalue weighted by atomic mass is 10.2. The maximum atomic E-state index is 13.7. The molecule has 0 atom stereocenters. The Morgan fingerprint density at radius 2 is 1.77 bits per heavy atom. The second-order valence-corrected chi connectivity index (χ2v) is 7.19. The number of benzene rings is 2. The Labute approximate surface area is 182 Å². The van der Waals surface area contributed by atoms with Crippen molar-refractivity contribution >= 4 is 21.8 Å². The molecule has 0 fully saturated rings. The number of rotatable bonds is 9. The molecule has 3 rings (SSSR count). The van der Waals surface area contributed by atoms with E-state index >= 15 is 0 Å². The van der Waals surface area contributed by atoms with Crippen molar-refractivity contribution in [3.63, 3.8) is 0 Å². The van der Waals surface area contributed by atoms with Gasteiger partial charge in [0.05, 0.1) is 7.11 Å². The van der Waals surface area contributed by atoms with Crippen molar-refractivity contribution in [2.75, 3.05) is 13.7 Å². The van der Waals surface area contributed by atoms with Gasteiger partial charge >= 0.3 is 0 Å². The van der Waals surface area contributed by atoms with Crippen LogP contribution in [0.15, 0.2) is 65.4 Å². The van der Waals surface area contributed by atoms with Crippen LogP contribution >= 0.6 is 15.9 Å². The zero-order chi connectivity index (χ0) is 21.3. The quantitative estimate of drug-likeness (QED) is 0.501. The number of hydrogen-bond donors (Lipinski definition) is 1. The SMILES string of the molecule is COc1cc(CNC(=O)COc2ccc(Br)cc2F)ccc1OCc1ccncc1. The monoisotopic (exact) mass is 474 g/mol. The standard InChI is InChI=1S/C22H20BrFN2O4/c1-28-21-10-16(2-4-20(21)29-13-15-6-8-25-9-7-15)12-26-22(27)14-30-19-5-3-17(23)11-18(19)24/h2-11H,12-14H2,1H3,(H,26,27). The van der Waals surface area contributed by atoms with E-state index in [1.54, 1.807) is 37.7 Å². The Bertz CT molecular complexity index is 1000. The summed E-state index contributed by atoms with van der Waals surface area (Å²) in [5.74, 6) is 0.270. The molecule has 1 amide bonds. The van der Waals surface area contributed by atoms with Crippen LogP contribution in [0.3, 0.4) is 0 Å². The number of aromatic nitrogens is 1. The second kappa shape index (κ2) is 10.6. The molecule has 30 heavy (non-hydrogen) atoms. The minimum atomic E-state index is -0.538. The van der Waals surface area contributed by atoms with E-state index in [1.165, 1.54) is 12.1 Å². The van der Waals surface area contributed by atoms with Gasteiger partial charge in [0.25, 0.3) is 5.91 Å². The minimum absolute atomic E-state index is 0.0192. The van der Waals surface area contributed by atoms with Gasteiger partial charge in [0.15, 0.2) is 29.7 Å². The summed E-state index contributed by atoms with van der Waals surface area (Å²) in [6, 6.07) is 13.5. The van der Waals surface area contributed by atoms with Gasteiger partial charge in [-0.25, -0.2) is 4.39 Å². The van der Waals surface area contributed by atoms with Crippen LogP contribution in [0, 0.1) is 5.82 Å². The molecule has 8 heteroatoms. The number of hydrogen-bond acceptors (Lipinski definition) is 5. The third-order valence-corrected chi connectivity index (χ3v) is 4.61. The highest BCUT2D eigenvalue weighted by Crippen LogP contribution is 2.29. The van der Waals surface area contributed by atoms with Crippen molar-refractivity contribution in [2.24, 2.45) is 0 Å². The highest BCUT2D eigenvalue weighted by molar-refractivity contribution is 9.10. The summed E-state index contributed by atoms with van der Waals surface area (Å²) in [5, 5.41) is 2.73. The van der Waals surface area contributed by atoms with Gasteiger partial charge in [-0.1, -0.05) is 22.0 Å². The predicted octanol–water partition coefficient (Wildman–Crippen LogP) is 4.27. The smallest absolute Gasteiger partial charge is 0.258 e. The fraction of sp³-hybridized carbons (Fsp3) is 0.182. The molecule has 1 aromatic heterocycles. The molecule has 0 aliphatic heterocycles. The molecule has 0 spiro atoms. The summed E-state index contributed by atoms with van der Waals surface area (Å²) < 4.78 is 30.7. The topological polar surface area (TPSA) is 69.7 Å². The number of ether oxygens (including phenoxy) is 3. The van der Waals surface area contributed by atoms with Gasteiger partial charge < -0.3 is 19.5 Å². The highest BCUT2D eigenvalue weighted by atomic mass is 79.9. The van der Waals surface area contributed by atoms with Crippen LogP contribution in [0.5, 0.6) is 17.2 Å². The number of carbonyl (C=O) groups is 1. The molecule has 0 aliphatic rings. The van der Waals surface area contributed by atoms with E-state index in [0.29, 0.717) is 22.6 Å². The normalized spacial score (nSPS) is 10.4. The Kier molecular flexibility index (Phi) is 7.62. The zero-order valence-electron chi connectivity index (χ0n) is 16.2. The molecule has 0 saturated heterocycles. The zero-order valence-corrected chi connectivity index (χ0v) is 17.8. The Morgan fingerprint density at radius 3 is 2.50 bits per heavy atom. The summed E-state index contributed by atoms with van der Waals surface area (Å²) in [7, 11) is 1.55. The van der Waals surface area contributed by atoms with Crippen LogP contribution < -0.4 is 19.5 Å². The van der Waals surface area contributed by atoms with Crippen molar-refractivity contribution in [3.8, 4) is 17.2 Å². The molecule has 1 heterocycles. The van der Waals surface area contributed by atoms with Crippen LogP contribution in [0.25, 0.3) is 0 Å². The van der Waals surface area contributed by atoms with Crippen LogP contribution in [-0.2, 0) is 17.9 Å². The van der Waals surface area contributed by atoms with Crippen LogP contribution in [-0.4, -0.2) is 24.6 Å². The summed E-state index contributed by atoms with van der Waals surface area (Å²) in [6.07, 6.45) is 3.41. The fourth-order valence-electron chi connectivity index (χ4n) is 2.57. The van der Waals surface area contributed by atoms with Gasteiger partial charge in [-0.2, -0.15) is 0 Å². The number of pyridine rings is 1. The van der Waals surface area contributed by atoms with Gasteiger partial charge in [-0.15, -0.1) is 0 Å². The molecule has 0 saturated carbocycles. The minimum Gasteiger partial charge on any atom is -0.493 e. The van der Waals surface area contributed by atoms with Crippen molar-refractivity contribution < 1.29 is 23.4 Å². The van der Waals surface area contributed by atoms with Gasteiger partial charge in [0.2, 0.25) is 0 Å². The van der Waals surface area contributed by atoms with E-state index < -0.39 is 5.82 Å². The maximum absolute atomic E-state index is 13.7. The maximum Gasteiger partial charge on any atom is 0.258 e. The lowest BCUT2D eigenvalue weighted by Crippen LogP contribution is -2.28. The molecular formula is C22H20BrFN2O4. The second-order valence-electron chi connectivity index (χ2n) is 6.27.